The van der Waals surface area contributed by atoms with E-state index in [1.807, 2.05) is 0 Å². The minimum atomic E-state index is -4.49. The number of primary amides is 1. The van der Waals surface area contributed by atoms with Gasteiger partial charge in [0.25, 0.3) is 0 Å². The van der Waals surface area contributed by atoms with Crippen LogP contribution >= 0.6 is 11.6 Å². The number of nitrogens with zero attached hydrogens (tertiary/aromatic N) is 1. The number of halogens is 4. The molecule has 0 aliphatic carbocycles. The summed E-state index contributed by atoms with van der Waals surface area (Å²) < 4.78 is 38.0. The van der Waals surface area contributed by atoms with Crippen molar-refractivity contribution >= 4 is 29.5 Å². The SMILES string of the molecule is NC(=O)[C@@H]1CCN(C(=O)/C=C\c2cc(C(F)(F)F)ccc2Cl)C1. The lowest BCUT2D eigenvalue weighted by Gasteiger charge is -2.13. The summed E-state index contributed by atoms with van der Waals surface area (Å²) in [4.78, 5) is 24.5. The second kappa shape index (κ2) is 6.62. The van der Waals surface area contributed by atoms with Gasteiger partial charge in [-0.1, -0.05) is 11.6 Å². The van der Waals surface area contributed by atoms with Crippen molar-refractivity contribution in [2.45, 2.75) is 12.6 Å². The molecule has 2 rings (SSSR count). The van der Waals surface area contributed by atoms with Crippen molar-refractivity contribution in [3.8, 4) is 0 Å². The van der Waals surface area contributed by atoms with Crippen LogP contribution in [0.4, 0.5) is 13.2 Å². The zero-order valence-electron chi connectivity index (χ0n) is 11.9. The fourth-order valence-corrected chi connectivity index (χ4v) is 2.49. The zero-order valence-corrected chi connectivity index (χ0v) is 12.7. The Bertz CT molecular complexity index is 659. The van der Waals surface area contributed by atoms with E-state index in [9.17, 15) is 22.8 Å². The summed E-state index contributed by atoms with van der Waals surface area (Å²) in [7, 11) is 0. The fourth-order valence-electron chi connectivity index (χ4n) is 2.31. The molecule has 1 aromatic rings. The summed E-state index contributed by atoms with van der Waals surface area (Å²) in [5, 5.41) is 0.110. The van der Waals surface area contributed by atoms with Crippen molar-refractivity contribution in [2.24, 2.45) is 11.7 Å². The molecule has 8 heteroatoms. The molecule has 0 unspecified atom stereocenters. The van der Waals surface area contributed by atoms with Crippen molar-refractivity contribution in [2.75, 3.05) is 13.1 Å². The van der Waals surface area contributed by atoms with E-state index >= 15 is 0 Å². The molecule has 1 aromatic carbocycles. The quantitative estimate of drug-likeness (QED) is 0.855. The maximum absolute atomic E-state index is 12.7. The number of hydrogen-bond acceptors (Lipinski definition) is 2. The number of amides is 2. The minimum Gasteiger partial charge on any atom is -0.369 e. The van der Waals surface area contributed by atoms with Gasteiger partial charge in [0.15, 0.2) is 0 Å². The van der Waals surface area contributed by atoms with Crippen LogP contribution in [0.5, 0.6) is 0 Å². The molecule has 1 fully saturated rings. The van der Waals surface area contributed by atoms with Crippen LogP contribution in [0.2, 0.25) is 5.02 Å². The van der Waals surface area contributed by atoms with Crippen LogP contribution in [0.25, 0.3) is 6.08 Å². The molecule has 1 aliphatic rings. The van der Waals surface area contributed by atoms with Crippen molar-refractivity contribution in [1.29, 1.82) is 0 Å². The number of carbonyl (C=O) groups excluding carboxylic acids is 2. The van der Waals surface area contributed by atoms with Gasteiger partial charge in [-0.3, -0.25) is 9.59 Å². The molecular formula is C15H14ClF3N2O2. The van der Waals surface area contributed by atoms with Crippen LogP contribution in [-0.4, -0.2) is 29.8 Å². The lowest BCUT2D eigenvalue weighted by atomic mass is 10.1. The third-order valence-corrected chi connectivity index (χ3v) is 3.98. The van der Waals surface area contributed by atoms with Crippen LogP contribution in [0.1, 0.15) is 17.5 Å². The first kappa shape index (κ1) is 17.3. The molecular weight excluding hydrogens is 333 g/mol. The topological polar surface area (TPSA) is 63.4 Å². The predicted molar refractivity (Wildman–Crippen MR) is 79.4 cm³/mol. The molecule has 1 atom stereocenters. The van der Waals surface area contributed by atoms with Gasteiger partial charge in [-0.2, -0.15) is 13.2 Å². The number of alkyl halides is 3. The maximum atomic E-state index is 12.7. The van der Waals surface area contributed by atoms with Crippen LogP contribution in [0.3, 0.4) is 0 Å². The van der Waals surface area contributed by atoms with E-state index in [4.69, 9.17) is 17.3 Å². The van der Waals surface area contributed by atoms with Gasteiger partial charge in [-0.25, -0.2) is 0 Å². The van der Waals surface area contributed by atoms with Gasteiger partial charge < -0.3 is 10.6 Å². The summed E-state index contributed by atoms with van der Waals surface area (Å²) in [5.41, 5.74) is 4.44. The third-order valence-electron chi connectivity index (χ3n) is 3.63. The number of nitrogens with two attached hydrogens (primary N) is 1. The van der Waals surface area contributed by atoms with Crippen molar-refractivity contribution in [1.82, 2.24) is 4.90 Å². The Hall–Kier alpha value is -2.02. The van der Waals surface area contributed by atoms with E-state index < -0.39 is 23.6 Å². The van der Waals surface area contributed by atoms with Gasteiger partial charge in [0.1, 0.15) is 0 Å². The average Bonchev–Trinajstić information content (AvgIpc) is 2.95. The molecule has 0 saturated carbocycles. The van der Waals surface area contributed by atoms with E-state index in [-0.39, 0.29) is 23.0 Å². The van der Waals surface area contributed by atoms with Gasteiger partial charge in [-0.05, 0) is 36.3 Å². The summed E-state index contributed by atoms with van der Waals surface area (Å²) in [6.07, 6.45) is -1.62. The van der Waals surface area contributed by atoms with E-state index in [0.717, 1.165) is 24.3 Å². The molecule has 2 N–H and O–H groups in total. The monoisotopic (exact) mass is 346 g/mol. The van der Waals surface area contributed by atoms with E-state index in [1.54, 1.807) is 0 Å². The third kappa shape index (κ3) is 4.25. The zero-order chi connectivity index (χ0) is 17.2. The van der Waals surface area contributed by atoms with Gasteiger partial charge >= 0.3 is 6.18 Å². The second-order valence-electron chi connectivity index (χ2n) is 5.24. The van der Waals surface area contributed by atoms with E-state index in [1.165, 1.54) is 11.0 Å². The number of likely N-dealkylation sites (tertiary alicyclic amines) is 1. The highest BCUT2D eigenvalue weighted by molar-refractivity contribution is 6.32. The Morgan fingerprint density at radius 2 is 2.04 bits per heavy atom. The van der Waals surface area contributed by atoms with E-state index in [0.29, 0.717) is 13.0 Å². The molecule has 1 heterocycles. The predicted octanol–water partition coefficient (Wildman–Crippen LogP) is 2.71. The highest BCUT2D eigenvalue weighted by Crippen LogP contribution is 2.32. The van der Waals surface area contributed by atoms with Gasteiger partial charge in [0.2, 0.25) is 11.8 Å². The largest absolute Gasteiger partial charge is 0.416 e. The minimum absolute atomic E-state index is 0.0977. The van der Waals surface area contributed by atoms with Gasteiger partial charge in [0, 0.05) is 24.2 Å². The molecule has 0 bridgehead atoms. The van der Waals surface area contributed by atoms with Crippen LogP contribution in [-0.2, 0) is 15.8 Å². The molecule has 23 heavy (non-hydrogen) atoms. The first-order valence-corrected chi connectivity index (χ1v) is 7.19. The molecule has 0 spiro atoms. The number of carbonyl (C=O) groups is 2. The first-order valence-electron chi connectivity index (χ1n) is 6.81. The lowest BCUT2D eigenvalue weighted by molar-refractivity contribution is -0.137. The molecule has 1 saturated heterocycles. The molecule has 1 aliphatic heterocycles. The molecule has 124 valence electrons. The molecule has 0 aromatic heterocycles. The number of rotatable bonds is 3. The average molecular weight is 347 g/mol. The number of benzene rings is 1. The van der Waals surface area contributed by atoms with Crippen LogP contribution in [0.15, 0.2) is 24.3 Å². The van der Waals surface area contributed by atoms with Crippen molar-refractivity contribution in [3.05, 3.63) is 40.4 Å². The highest BCUT2D eigenvalue weighted by atomic mass is 35.5. The normalized spacial score (nSPS) is 18.6. The summed E-state index contributed by atoms with van der Waals surface area (Å²) in [6.45, 7) is 0.599. The Morgan fingerprint density at radius 3 is 2.61 bits per heavy atom. The Balaban J connectivity index is 2.11. The summed E-state index contributed by atoms with van der Waals surface area (Å²) in [5.74, 6) is -1.25. The van der Waals surface area contributed by atoms with Gasteiger partial charge in [-0.15, -0.1) is 0 Å². The lowest BCUT2D eigenvalue weighted by Crippen LogP contribution is -2.30. The first-order chi connectivity index (χ1) is 10.7. The van der Waals surface area contributed by atoms with Gasteiger partial charge in [0.05, 0.1) is 11.5 Å². The summed E-state index contributed by atoms with van der Waals surface area (Å²) >= 11 is 5.85. The van der Waals surface area contributed by atoms with E-state index in [2.05, 4.69) is 0 Å². The van der Waals surface area contributed by atoms with Crippen molar-refractivity contribution in [3.63, 3.8) is 0 Å². The van der Waals surface area contributed by atoms with Crippen LogP contribution < -0.4 is 5.73 Å². The smallest absolute Gasteiger partial charge is 0.369 e. The molecule has 0 radical (unpaired) electrons. The highest BCUT2D eigenvalue weighted by Gasteiger charge is 2.31. The standard InChI is InChI=1S/C15H14ClF3N2O2/c16-12-3-2-11(15(17,18)19)7-9(12)1-4-13(22)21-6-5-10(8-21)14(20)23/h1-4,7,10H,5-6,8H2,(H2,20,23)/b4-1-/t10-/m1/s1. The molecule has 4 nitrogen and oxygen atoms in total. The Morgan fingerprint density at radius 1 is 1.35 bits per heavy atom. The van der Waals surface area contributed by atoms with Crippen LogP contribution in [0, 0.1) is 5.92 Å². The fraction of sp³-hybridized carbons (Fsp3) is 0.333. The Kier molecular flexibility index (Phi) is 4.99. The second-order valence-corrected chi connectivity index (χ2v) is 5.65. The number of hydrogen-bond donors (Lipinski definition) is 1. The maximum Gasteiger partial charge on any atom is 0.416 e. The van der Waals surface area contributed by atoms with Crippen molar-refractivity contribution < 1.29 is 22.8 Å². The Labute approximate surface area is 135 Å². The summed E-state index contributed by atoms with van der Waals surface area (Å²) in [6, 6.07) is 2.88. The molecule has 2 amide bonds.